The number of amides is 1. The molecule has 6 nitrogen and oxygen atoms in total. The number of benzene rings is 1. The fraction of sp³-hybridized carbons (Fsp3) is 0.667. The topological polar surface area (TPSA) is 72.9 Å². The Morgan fingerprint density at radius 2 is 1.97 bits per heavy atom. The zero-order valence-corrected chi connectivity index (χ0v) is 18.7. The van der Waals surface area contributed by atoms with Crippen LogP contribution < -0.4 is 4.18 Å². The van der Waals surface area contributed by atoms with E-state index in [1.807, 2.05) is 13.8 Å². The molecule has 0 aliphatic heterocycles. The number of halogens is 3. The molecule has 3 atom stereocenters. The molecule has 0 spiro atoms. The van der Waals surface area contributed by atoms with E-state index in [2.05, 4.69) is 4.18 Å². The van der Waals surface area contributed by atoms with Gasteiger partial charge in [0.2, 0.25) is 0 Å². The summed E-state index contributed by atoms with van der Waals surface area (Å²) in [5.41, 5.74) is -4.24. The van der Waals surface area contributed by atoms with Crippen LogP contribution in [0.3, 0.4) is 0 Å². The lowest BCUT2D eigenvalue weighted by atomic mass is 9.56. The molecule has 10 heteroatoms. The second-order valence-corrected chi connectivity index (χ2v) is 9.87. The van der Waals surface area contributed by atoms with Crippen molar-refractivity contribution < 1.29 is 35.3 Å². The summed E-state index contributed by atoms with van der Waals surface area (Å²) < 4.78 is 70.8. The minimum atomic E-state index is -5.74. The summed E-state index contributed by atoms with van der Waals surface area (Å²) in [6, 6.07) is 4.17. The quantitative estimate of drug-likeness (QED) is 0.465. The summed E-state index contributed by atoms with van der Waals surface area (Å²) in [6.07, 6.45) is 3.73. The third-order valence-electron chi connectivity index (χ3n) is 6.60. The molecule has 174 valence electrons. The molecule has 0 radical (unpaired) electrons. The van der Waals surface area contributed by atoms with Crippen molar-refractivity contribution in [2.75, 3.05) is 13.2 Å². The Hall–Kier alpha value is -1.97. The van der Waals surface area contributed by atoms with Gasteiger partial charge in [0.05, 0.1) is 6.61 Å². The average Bonchev–Trinajstić information content (AvgIpc) is 2.68. The summed E-state index contributed by atoms with van der Waals surface area (Å²) in [6.45, 7) is 6.45. The minimum absolute atomic E-state index is 0.0765. The Morgan fingerprint density at radius 1 is 1.26 bits per heavy atom. The summed E-state index contributed by atoms with van der Waals surface area (Å²) in [5, 5.41) is 0. The molecule has 0 heterocycles. The fourth-order valence-corrected chi connectivity index (χ4v) is 5.65. The molecule has 0 aromatic heterocycles. The summed E-state index contributed by atoms with van der Waals surface area (Å²) in [7, 11) is -5.74. The Kier molecular flexibility index (Phi) is 6.51. The van der Waals surface area contributed by atoms with Gasteiger partial charge in [-0.05, 0) is 67.7 Å². The Balaban J connectivity index is 2.02. The Bertz CT molecular complexity index is 933. The lowest BCUT2D eigenvalue weighted by Crippen LogP contribution is -2.55. The van der Waals surface area contributed by atoms with Crippen molar-refractivity contribution in [1.82, 2.24) is 4.90 Å². The van der Waals surface area contributed by atoms with Crippen LogP contribution in [0.2, 0.25) is 0 Å². The van der Waals surface area contributed by atoms with Crippen molar-refractivity contribution in [3.8, 4) is 5.75 Å². The summed E-state index contributed by atoms with van der Waals surface area (Å²) >= 11 is 0. The number of hydrogen-bond acceptors (Lipinski definition) is 5. The van der Waals surface area contributed by atoms with Crippen LogP contribution in [0.25, 0.3) is 0 Å². The SMILES string of the molecule is CCOC(=O)N(CC)[C@H]1Cc2ccc(OS(=O)(=O)C(F)(F)F)cc2[C@]2(C)CCCC[C@H]12. The van der Waals surface area contributed by atoms with Crippen molar-refractivity contribution in [1.29, 1.82) is 0 Å². The van der Waals surface area contributed by atoms with Crippen LogP contribution in [0, 0.1) is 5.92 Å². The maximum atomic E-state index is 12.8. The van der Waals surface area contributed by atoms with Crippen LogP contribution >= 0.6 is 0 Å². The van der Waals surface area contributed by atoms with Crippen LogP contribution in [-0.2, 0) is 26.7 Å². The van der Waals surface area contributed by atoms with E-state index in [9.17, 15) is 26.4 Å². The molecule has 1 aromatic rings. The predicted molar refractivity (Wildman–Crippen MR) is 108 cm³/mol. The first kappa shape index (κ1) is 23.7. The normalized spacial score (nSPS) is 25.9. The molecule has 1 saturated carbocycles. The molecule has 0 bridgehead atoms. The summed E-state index contributed by atoms with van der Waals surface area (Å²) in [4.78, 5) is 14.3. The maximum absolute atomic E-state index is 12.8. The van der Waals surface area contributed by atoms with Gasteiger partial charge in [0.15, 0.2) is 0 Å². The highest BCUT2D eigenvalue weighted by Gasteiger charge is 2.51. The number of ether oxygens (including phenoxy) is 1. The van der Waals surface area contributed by atoms with E-state index >= 15 is 0 Å². The molecular weight excluding hydrogens is 435 g/mol. The zero-order valence-electron chi connectivity index (χ0n) is 17.9. The van der Waals surface area contributed by atoms with Gasteiger partial charge in [-0.1, -0.05) is 25.8 Å². The van der Waals surface area contributed by atoms with E-state index in [1.54, 1.807) is 17.9 Å². The highest BCUT2D eigenvalue weighted by Crippen LogP contribution is 2.52. The first-order valence-electron chi connectivity index (χ1n) is 10.5. The van der Waals surface area contributed by atoms with Crippen molar-refractivity contribution >= 4 is 16.2 Å². The third-order valence-corrected chi connectivity index (χ3v) is 7.58. The number of carbonyl (C=O) groups is 1. The zero-order chi connectivity index (χ0) is 23.0. The van der Waals surface area contributed by atoms with Gasteiger partial charge in [0, 0.05) is 12.6 Å². The number of rotatable bonds is 5. The van der Waals surface area contributed by atoms with Crippen LogP contribution in [0.1, 0.15) is 57.6 Å². The van der Waals surface area contributed by atoms with E-state index in [0.717, 1.165) is 36.8 Å². The maximum Gasteiger partial charge on any atom is 0.534 e. The molecule has 2 aliphatic rings. The second-order valence-electron chi connectivity index (χ2n) is 8.33. The number of likely N-dealkylation sites (N-methyl/N-ethyl adjacent to an activating group) is 1. The molecule has 0 N–H and O–H groups in total. The Labute approximate surface area is 180 Å². The largest absolute Gasteiger partial charge is 0.534 e. The molecule has 1 amide bonds. The fourth-order valence-electron chi connectivity index (χ4n) is 5.20. The van der Waals surface area contributed by atoms with Crippen LogP contribution in [-0.4, -0.2) is 44.1 Å². The number of alkyl halides is 3. The highest BCUT2D eigenvalue weighted by molar-refractivity contribution is 7.88. The molecule has 0 saturated heterocycles. The number of nitrogens with zero attached hydrogens (tertiary/aromatic N) is 1. The van der Waals surface area contributed by atoms with E-state index in [4.69, 9.17) is 4.74 Å². The van der Waals surface area contributed by atoms with Crippen molar-refractivity contribution in [2.24, 2.45) is 5.92 Å². The molecule has 1 aromatic carbocycles. The van der Waals surface area contributed by atoms with Crippen molar-refractivity contribution in [2.45, 2.75) is 69.8 Å². The van der Waals surface area contributed by atoms with Crippen LogP contribution in [0.5, 0.6) is 5.75 Å². The lowest BCUT2D eigenvalue weighted by molar-refractivity contribution is -0.0500. The average molecular weight is 464 g/mol. The van der Waals surface area contributed by atoms with Gasteiger partial charge in [-0.25, -0.2) is 4.79 Å². The van der Waals surface area contributed by atoms with Crippen LogP contribution in [0.4, 0.5) is 18.0 Å². The first-order chi connectivity index (χ1) is 14.4. The van der Waals surface area contributed by atoms with Gasteiger partial charge in [-0.15, -0.1) is 0 Å². The predicted octanol–water partition coefficient (Wildman–Crippen LogP) is 4.77. The first-order valence-corrected chi connectivity index (χ1v) is 11.9. The monoisotopic (exact) mass is 463 g/mol. The van der Waals surface area contributed by atoms with Gasteiger partial charge < -0.3 is 13.8 Å². The van der Waals surface area contributed by atoms with E-state index in [0.29, 0.717) is 13.0 Å². The number of hydrogen-bond donors (Lipinski definition) is 0. The van der Waals surface area contributed by atoms with Crippen molar-refractivity contribution in [3.63, 3.8) is 0 Å². The smallest absolute Gasteiger partial charge is 0.450 e. The molecule has 2 aliphatic carbocycles. The minimum Gasteiger partial charge on any atom is -0.450 e. The molecule has 0 unspecified atom stereocenters. The second kappa shape index (κ2) is 8.52. The van der Waals surface area contributed by atoms with E-state index in [-0.39, 0.29) is 30.4 Å². The van der Waals surface area contributed by atoms with E-state index in [1.165, 1.54) is 12.1 Å². The van der Waals surface area contributed by atoms with Gasteiger partial charge >= 0.3 is 21.7 Å². The number of fused-ring (bicyclic) bond motifs is 3. The van der Waals surface area contributed by atoms with Gasteiger partial charge in [-0.3, -0.25) is 0 Å². The molecule has 3 rings (SSSR count). The van der Waals surface area contributed by atoms with Gasteiger partial charge in [0.25, 0.3) is 0 Å². The van der Waals surface area contributed by atoms with E-state index < -0.39 is 21.0 Å². The third kappa shape index (κ3) is 4.36. The van der Waals surface area contributed by atoms with Crippen LogP contribution in [0.15, 0.2) is 18.2 Å². The van der Waals surface area contributed by atoms with Crippen molar-refractivity contribution in [3.05, 3.63) is 29.3 Å². The highest BCUT2D eigenvalue weighted by atomic mass is 32.2. The Morgan fingerprint density at radius 3 is 2.58 bits per heavy atom. The van der Waals surface area contributed by atoms with Gasteiger partial charge in [0.1, 0.15) is 5.75 Å². The molecule has 31 heavy (non-hydrogen) atoms. The molecular formula is C21H28F3NO5S. The number of carbonyl (C=O) groups excluding carboxylic acids is 1. The lowest BCUT2D eigenvalue weighted by Gasteiger charge is -2.52. The molecule has 1 fully saturated rings. The van der Waals surface area contributed by atoms with Gasteiger partial charge in [-0.2, -0.15) is 21.6 Å². The standard InChI is InChI=1S/C21H28F3NO5S/c1-4-25(19(26)29-5-2)18-12-14-9-10-15(30-31(27,28)21(22,23)24)13-17(14)20(3)11-7-6-8-16(18)20/h9-10,13,16,18H,4-8,11-12H2,1-3H3/t16-,18+,20-/m1/s1. The summed E-state index contributed by atoms with van der Waals surface area (Å²) in [5.74, 6) is -0.273.